The Hall–Kier alpha value is -2.69. The zero-order chi connectivity index (χ0) is 22.1. The minimum atomic E-state index is 0.0250. The van der Waals surface area contributed by atoms with Gasteiger partial charge in [0.05, 0.1) is 6.17 Å². The fourth-order valence-corrected chi connectivity index (χ4v) is 6.11. The van der Waals surface area contributed by atoms with Gasteiger partial charge in [-0.2, -0.15) is 0 Å². The van der Waals surface area contributed by atoms with E-state index >= 15 is 0 Å². The number of benzene rings is 3. The number of likely N-dealkylation sites (tertiary alicyclic amines) is 1. The van der Waals surface area contributed by atoms with Crippen molar-refractivity contribution in [3.63, 3.8) is 0 Å². The molecule has 1 N–H and O–H groups in total. The minimum Gasteiger partial charge on any atom is -0.343 e. The van der Waals surface area contributed by atoms with Crippen molar-refractivity contribution in [3.05, 3.63) is 83.4 Å². The maximum atomic E-state index is 11.5. The summed E-state index contributed by atoms with van der Waals surface area (Å²) in [5.74, 6) is 0. The van der Waals surface area contributed by atoms with Crippen LogP contribution in [0.3, 0.4) is 0 Å². The normalized spacial score (nSPS) is 21.0. The Morgan fingerprint density at radius 3 is 2.53 bits per heavy atom. The molecule has 1 spiro atoms. The SMILES string of the molecule is CN(C)C1CC2(CCN(C(Cc3cccc4ccccc34)NC=O)CC2)c2ccccc21. The van der Waals surface area contributed by atoms with E-state index in [9.17, 15) is 4.79 Å². The summed E-state index contributed by atoms with van der Waals surface area (Å²) >= 11 is 0. The maximum Gasteiger partial charge on any atom is 0.208 e. The van der Waals surface area contributed by atoms with Crippen LogP contribution in [0.15, 0.2) is 66.7 Å². The van der Waals surface area contributed by atoms with Crippen molar-refractivity contribution in [3.8, 4) is 0 Å². The number of carbonyl (C=O) groups is 1. The molecule has 166 valence electrons. The molecule has 5 rings (SSSR count). The lowest BCUT2D eigenvalue weighted by Crippen LogP contribution is -2.52. The first kappa shape index (κ1) is 21.2. The van der Waals surface area contributed by atoms with Crippen LogP contribution >= 0.6 is 0 Å². The molecule has 1 heterocycles. The van der Waals surface area contributed by atoms with Crippen molar-refractivity contribution < 1.29 is 4.79 Å². The number of hydrogen-bond donors (Lipinski definition) is 1. The molecule has 1 saturated heterocycles. The van der Waals surface area contributed by atoms with E-state index < -0.39 is 0 Å². The largest absolute Gasteiger partial charge is 0.343 e. The molecule has 4 heteroatoms. The van der Waals surface area contributed by atoms with Gasteiger partial charge in [0.25, 0.3) is 0 Å². The van der Waals surface area contributed by atoms with E-state index in [0.717, 1.165) is 38.8 Å². The van der Waals surface area contributed by atoms with Gasteiger partial charge < -0.3 is 10.2 Å². The lowest BCUT2D eigenvalue weighted by molar-refractivity contribution is -0.111. The lowest BCUT2D eigenvalue weighted by Gasteiger charge is -2.43. The molecule has 32 heavy (non-hydrogen) atoms. The van der Waals surface area contributed by atoms with Crippen LogP contribution in [0.2, 0.25) is 0 Å². The number of nitrogens with one attached hydrogen (secondary N) is 1. The number of nitrogens with zero attached hydrogens (tertiary/aromatic N) is 2. The molecule has 0 saturated carbocycles. The van der Waals surface area contributed by atoms with Crippen LogP contribution in [0.4, 0.5) is 0 Å². The lowest BCUT2D eigenvalue weighted by atomic mass is 9.73. The predicted octanol–water partition coefficient (Wildman–Crippen LogP) is 4.49. The number of fused-ring (bicyclic) bond motifs is 3. The third-order valence-electron chi connectivity index (χ3n) is 7.85. The first-order chi connectivity index (χ1) is 15.6. The summed E-state index contributed by atoms with van der Waals surface area (Å²) in [6, 6.07) is 24.5. The van der Waals surface area contributed by atoms with Gasteiger partial charge in [-0.1, -0.05) is 66.7 Å². The zero-order valence-corrected chi connectivity index (χ0v) is 19.1. The fraction of sp³-hybridized carbons (Fsp3) is 0.393. The molecule has 1 fully saturated rings. The van der Waals surface area contributed by atoms with Crippen LogP contribution in [-0.4, -0.2) is 49.6 Å². The number of rotatable bonds is 6. The number of amides is 1. The van der Waals surface area contributed by atoms with Crippen molar-refractivity contribution in [2.75, 3.05) is 27.2 Å². The number of carbonyl (C=O) groups excluding carboxylic acids is 1. The van der Waals surface area contributed by atoms with Gasteiger partial charge in [-0.05, 0) is 66.2 Å². The Morgan fingerprint density at radius 2 is 1.75 bits per heavy atom. The Labute approximate surface area is 191 Å². The van der Waals surface area contributed by atoms with Crippen LogP contribution in [0, 0.1) is 0 Å². The topological polar surface area (TPSA) is 35.6 Å². The smallest absolute Gasteiger partial charge is 0.208 e. The van der Waals surface area contributed by atoms with E-state index in [4.69, 9.17) is 0 Å². The van der Waals surface area contributed by atoms with Crippen LogP contribution in [-0.2, 0) is 16.6 Å². The molecule has 2 atom stereocenters. The average molecular weight is 428 g/mol. The highest BCUT2D eigenvalue weighted by molar-refractivity contribution is 5.85. The monoisotopic (exact) mass is 427 g/mol. The molecule has 1 aliphatic carbocycles. The van der Waals surface area contributed by atoms with E-state index in [2.05, 4.69) is 95.9 Å². The molecule has 1 aliphatic heterocycles. The Kier molecular flexibility index (Phi) is 5.75. The van der Waals surface area contributed by atoms with Gasteiger partial charge >= 0.3 is 0 Å². The van der Waals surface area contributed by atoms with Gasteiger partial charge in [0.15, 0.2) is 0 Å². The third-order valence-corrected chi connectivity index (χ3v) is 7.85. The molecule has 0 bridgehead atoms. The standard InChI is InChI=1S/C28H33N3O/c1-30(2)26-19-28(25-13-6-5-12-24(25)26)14-16-31(17-15-28)27(29-20-32)18-22-10-7-9-21-8-3-4-11-23(21)22/h3-13,20,26-27H,14-19H2,1-2H3,(H,29,32). The molecule has 3 aromatic carbocycles. The van der Waals surface area contributed by atoms with Gasteiger partial charge in [-0.25, -0.2) is 0 Å². The summed E-state index contributed by atoms with van der Waals surface area (Å²) in [6.45, 7) is 2.01. The fourth-order valence-electron chi connectivity index (χ4n) is 6.11. The average Bonchev–Trinajstić information content (AvgIpc) is 3.14. The molecular weight excluding hydrogens is 394 g/mol. The van der Waals surface area contributed by atoms with Crippen molar-refractivity contribution in [2.45, 2.75) is 43.3 Å². The summed E-state index contributed by atoms with van der Waals surface area (Å²) in [5.41, 5.74) is 4.60. The summed E-state index contributed by atoms with van der Waals surface area (Å²) in [4.78, 5) is 16.4. The van der Waals surface area contributed by atoms with E-state index in [-0.39, 0.29) is 11.6 Å². The first-order valence-electron chi connectivity index (χ1n) is 11.8. The van der Waals surface area contributed by atoms with Gasteiger partial charge in [-0.15, -0.1) is 0 Å². The molecule has 3 aromatic rings. The summed E-state index contributed by atoms with van der Waals surface area (Å²) in [5, 5.41) is 5.66. The highest BCUT2D eigenvalue weighted by Crippen LogP contribution is 2.52. The highest BCUT2D eigenvalue weighted by Gasteiger charge is 2.46. The summed E-state index contributed by atoms with van der Waals surface area (Å²) in [7, 11) is 4.40. The highest BCUT2D eigenvalue weighted by atomic mass is 16.1. The van der Waals surface area contributed by atoms with Crippen molar-refractivity contribution in [1.29, 1.82) is 0 Å². The van der Waals surface area contributed by atoms with Crippen LogP contribution in [0.25, 0.3) is 10.8 Å². The van der Waals surface area contributed by atoms with Gasteiger partial charge in [0.2, 0.25) is 6.41 Å². The zero-order valence-electron chi connectivity index (χ0n) is 19.1. The van der Waals surface area contributed by atoms with Gasteiger partial charge in [-0.3, -0.25) is 9.69 Å². The molecule has 1 amide bonds. The quantitative estimate of drug-likeness (QED) is 0.589. The van der Waals surface area contributed by atoms with Crippen LogP contribution in [0.1, 0.15) is 42.0 Å². The van der Waals surface area contributed by atoms with E-state index in [1.54, 1.807) is 5.56 Å². The molecule has 2 unspecified atom stereocenters. The van der Waals surface area contributed by atoms with Crippen molar-refractivity contribution >= 4 is 17.2 Å². The van der Waals surface area contributed by atoms with Gasteiger partial charge in [0.1, 0.15) is 0 Å². The summed E-state index contributed by atoms with van der Waals surface area (Å²) in [6.07, 6.45) is 5.19. The molecule has 2 aliphatic rings. The second kappa shape index (κ2) is 8.68. The van der Waals surface area contributed by atoms with Crippen molar-refractivity contribution in [2.24, 2.45) is 0 Å². The molecule has 4 nitrogen and oxygen atoms in total. The van der Waals surface area contributed by atoms with Crippen LogP contribution < -0.4 is 5.32 Å². The summed E-state index contributed by atoms with van der Waals surface area (Å²) < 4.78 is 0. The number of hydrogen-bond acceptors (Lipinski definition) is 3. The molecular formula is C28H33N3O. The second-order valence-corrected chi connectivity index (χ2v) is 9.73. The third kappa shape index (κ3) is 3.72. The Morgan fingerprint density at radius 1 is 1.03 bits per heavy atom. The van der Waals surface area contributed by atoms with E-state index in [1.165, 1.54) is 28.3 Å². The minimum absolute atomic E-state index is 0.0250. The number of piperidine rings is 1. The predicted molar refractivity (Wildman–Crippen MR) is 131 cm³/mol. The van der Waals surface area contributed by atoms with Crippen LogP contribution in [0.5, 0.6) is 0 Å². The van der Waals surface area contributed by atoms with E-state index in [1.807, 2.05) is 0 Å². The van der Waals surface area contributed by atoms with Gasteiger partial charge in [0, 0.05) is 25.6 Å². The molecule has 0 aromatic heterocycles. The second-order valence-electron chi connectivity index (χ2n) is 9.73. The van der Waals surface area contributed by atoms with E-state index in [0.29, 0.717) is 6.04 Å². The first-order valence-corrected chi connectivity index (χ1v) is 11.8. The molecule has 0 radical (unpaired) electrons. The maximum absolute atomic E-state index is 11.5. The Bertz CT molecular complexity index is 1100. The van der Waals surface area contributed by atoms with Crippen molar-refractivity contribution in [1.82, 2.24) is 15.1 Å². The Balaban J connectivity index is 1.36.